The zero-order valence-electron chi connectivity index (χ0n) is 19.4. The molecule has 1 aromatic rings. The molecule has 0 radical (unpaired) electrons. The van der Waals surface area contributed by atoms with Crippen LogP contribution in [0.25, 0.3) is 0 Å². The Morgan fingerprint density at radius 1 is 1.06 bits per heavy atom. The van der Waals surface area contributed by atoms with E-state index in [-0.39, 0.29) is 17.8 Å². The highest BCUT2D eigenvalue weighted by molar-refractivity contribution is 5.79. The molecule has 0 aliphatic carbocycles. The number of hydrogen-bond donors (Lipinski definition) is 1. The SMILES string of the molecule is COC(=O)CN1CCN(C2CCN(C(=O)[C@H](C)Cc3cc(C)c(O)c(C)c3)CC2)CC1. The average Bonchev–Trinajstić information content (AvgIpc) is 2.77. The summed E-state index contributed by atoms with van der Waals surface area (Å²) in [6.07, 6.45) is 2.71. The normalized spacial score (nSPS) is 19.9. The summed E-state index contributed by atoms with van der Waals surface area (Å²) in [7, 11) is 1.43. The zero-order valence-corrected chi connectivity index (χ0v) is 19.4. The second kappa shape index (κ2) is 10.5. The number of carbonyl (C=O) groups is 2. The molecule has 2 saturated heterocycles. The highest BCUT2D eigenvalue weighted by Crippen LogP contribution is 2.25. The molecule has 3 rings (SSSR count). The smallest absolute Gasteiger partial charge is 0.319 e. The number of hydrogen-bond acceptors (Lipinski definition) is 6. The third-order valence-electron chi connectivity index (χ3n) is 6.79. The Bertz CT molecular complexity index is 758. The second-order valence-corrected chi connectivity index (χ2v) is 9.13. The van der Waals surface area contributed by atoms with Gasteiger partial charge >= 0.3 is 5.97 Å². The lowest BCUT2D eigenvalue weighted by Crippen LogP contribution is -2.54. The first kappa shape index (κ1) is 23.5. The summed E-state index contributed by atoms with van der Waals surface area (Å²) < 4.78 is 4.76. The van der Waals surface area contributed by atoms with Crippen LogP contribution in [0.3, 0.4) is 0 Å². The van der Waals surface area contributed by atoms with Crippen LogP contribution in [0.4, 0.5) is 0 Å². The van der Waals surface area contributed by atoms with Gasteiger partial charge in [-0.25, -0.2) is 0 Å². The molecular formula is C24H37N3O4. The van der Waals surface area contributed by atoms with Gasteiger partial charge in [0.05, 0.1) is 13.7 Å². The van der Waals surface area contributed by atoms with E-state index in [0.29, 0.717) is 24.8 Å². The lowest BCUT2D eigenvalue weighted by molar-refractivity contribution is -0.142. The Labute approximate surface area is 185 Å². The van der Waals surface area contributed by atoms with Gasteiger partial charge in [0, 0.05) is 51.2 Å². The van der Waals surface area contributed by atoms with Crippen molar-refractivity contribution in [2.24, 2.45) is 5.92 Å². The summed E-state index contributed by atoms with van der Waals surface area (Å²) >= 11 is 0. The van der Waals surface area contributed by atoms with Crippen LogP contribution in [0, 0.1) is 19.8 Å². The van der Waals surface area contributed by atoms with E-state index in [4.69, 9.17) is 4.74 Å². The monoisotopic (exact) mass is 431 g/mol. The molecular weight excluding hydrogens is 394 g/mol. The quantitative estimate of drug-likeness (QED) is 0.695. The number of benzene rings is 1. The van der Waals surface area contributed by atoms with Crippen molar-refractivity contribution in [1.29, 1.82) is 0 Å². The van der Waals surface area contributed by atoms with Crippen molar-refractivity contribution < 1.29 is 19.4 Å². The van der Waals surface area contributed by atoms with E-state index < -0.39 is 0 Å². The van der Waals surface area contributed by atoms with Crippen LogP contribution < -0.4 is 0 Å². The van der Waals surface area contributed by atoms with E-state index in [1.165, 1.54) is 7.11 Å². The highest BCUT2D eigenvalue weighted by atomic mass is 16.5. The van der Waals surface area contributed by atoms with Gasteiger partial charge in [-0.1, -0.05) is 19.1 Å². The number of esters is 1. The lowest BCUT2D eigenvalue weighted by Gasteiger charge is -2.43. The molecule has 2 heterocycles. The topological polar surface area (TPSA) is 73.3 Å². The Morgan fingerprint density at radius 2 is 1.65 bits per heavy atom. The third-order valence-corrected chi connectivity index (χ3v) is 6.79. The summed E-state index contributed by atoms with van der Waals surface area (Å²) in [5.74, 6) is 0.328. The molecule has 1 amide bonds. The average molecular weight is 432 g/mol. The molecule has 7 heteroatoms. The molecule has 0 bridgehead atoms. The first-order chi connectivity index (χ1) is 14.8. The molecule has 0 aromatic heterocycles. The van der Waals surface area contributed by atoms with E-state index in [1.807, 2.05) is 37.8 Å². The maximum Gasteiger partial charge on any atom is 0.319 e. The van der Waals surface area contributed by atoms with Crippen LogP contribution in [-0.2, 0) is 20.7 Å². The predicted molar refractivity (Wildman–Crippen MR) is 120 cm³/mol. The first-order valence-corrected chi connectivity index (χ1v) is 11.4. The second-order valence-electron chi connectivity index (χ2n) is 9.13. The zero-order chi connectivity index (χ0) is 22.5. The molecule has 2 fully saturated rings. The van der Waals surface area contributed by atoms with Gasteiger partial charge in [0.25, 0.3) is 0 Å². The van der Waals surface area contributed by atoms with Crippen LogP contribution in [0.2, 0.25) is 0 Å². The molecule has 2 aliphatic heterocycles. The fourth-order valence-corrected chi connectivity index (χ4v) is 4.90. The molecule has 1 N–H and O–H groups in total. The van der Waals surface area contributed by atoms with Crippen molar-refractivity contribution in [1.82, 2.24) is 14.7 Å². The Morgan fingerprint density at radius 3 is 2.19 bits per heavy atom. The molecule has 0 spiro atoms. The number of piperazine rings is 1. The van der Waals surface area contributed by atoms with Gasteiger partial charge in [-0.15, -0.1) is 0 Å². The fourth-order valence-electron chi connectivity index (χ4n) is 4.90. The minimum atomic E-state index is -0.174. The predicted octanol–water partition coefficient (Wildman–Crippen LogP) is 1.97. The van der Waals surface area contributed by atoms with Crippen LogP contribution in [0.1, 0.15) is 36.5 Å². The van der Waals surface area contributed by atoms with E-state index in [2.05, 4.69) is 9.80 Å². The maximum absolute atomic E-state index is 13.0. The molecule has 172 valence electrons. The molecule has 2 aliphatic rings. The van der Waals surface area contributed by atoms with Crippen molar-refractivity contribution in [3.05, 3.63) is 28.8 Å². The lowest BCUT2D eigenvalue weighted by atomic mass is 9.95. The van der Waals surface area contributed by atoms with Crippen molar-refractivity contribution in [2.75, 3.05) is 52.9 Å². The highest BCUT2D eigenvalue weighted by Gasteiger charge is 2.31. The molecule has 1 atom stereocenters. The Kier molecular flexibility index (Phi) is 7.94. The minimum absolute atomic E-state index is 0.0678. The number of aryl methyl sites for hydroxylation is 2. The first-order valence-electron chi connectivity index (χ1n) is 11.4. The van der Waals surface area contributed by atoms with Gasteiger partial charge in [0.2, 0.25) is 5.91 Å². The van der Waals surface area contributed by atoms with Crippen LogP contribution >= 0.6 is 0 Å². The number of methoxy groups -OCH3 is 1. The number of rotatable bonds is 6. The Hall–Kier alpha value is -2.12. The number of likely N-dealkylation sites (tertiary alicyclic amines) is 1. The standard InChI is InChI=1S/C24H37N3O4/c1-17-13-20(14-18(2)23(17)29)15-19(3)24(30)27-7-5-21(6-8-27)26-11-9-25(10-12-26)16-22(28)31-4/h13-14,19,21,29H,5-12,15-16H2,1-4H3/t19-/m1/s1. The molecule has 1 aromatic carbocycles. The number of ether oxygens (including phenoxy) is 1. The number of carbonyl (C=O) groups excluding carboxylic acids is 2. The summed E-state index contributed by atoms with van der Waals surface area (Å²) in [5, 5.41) is 9.97. The number of phenols is 1. The van der Waals surface area contributed by atoms with E-state index in [1.54, 1.807) is 0 Å². The van der Waals surface area contributed by atoms with Gasteiger partial charge in [0.1, 0.15) is 5.75 Å². The van der Waals surface area contributed by atoms with E-state index in [0.717, 1.165) is 68.8 Å². The minimum Gasteiger partial charge on any atom is -0.507 e. The van der Waals surface area contributed by atoms with E-state index >= 15 is 0 Å². The van der Waals surface area contributed by atoms with Crippen molar-refractivity contribution in [3.63, 3.8) is 0 Å². The molecule has 0 saturated carbocycles. The number of piperidine rings is 1. The summed E-state index contributed by atoms with van der Waals surface area (Å²) in [6.45, 7) is 11.5. The molecule has 7 nitrogen and oxygen atoms in total. The summed E-state index contributed by atoms with van der Waals surface area (Å²) in [4.78, 5) is 31.2. The Balaban J connectivity index is 1.45. The maximum atomic E-state index is 13.0. The van der Waals surface area contributed by atoms with Gasteiger partial charge in [-0.2, -0.15) is 0 Å². The fraction of sp³-hybridized carbons (Fsp3) is 0.667. The van der Waals surface area contributed by atoms with Crippen molar-refractivity contribution in [2.45, 2.75) is 46.1 Å². The number of amides is 1. The van der Waals surface area contributed by atoms with Crippen LogP contribution in [-0.4, -0.2) is 90.6 Å². The van der Waals surface area contributed by atoms with Crippen molar-refractivity contribution >= 4 is 11.9 Å². The van der Waals surface area contributed by atoms with E-state index in [9.17, 15) is 14.7 Å². The van der Waals surface area contributed by atoms with Gasteiger partial charge in [0.15, 0.2) is 0 Å². The van der Waals surface area contributed by atoms with Gasteiger partial charge in [-0.3, -0.25) is 19.4 Å². The van der Waals surface area contributed by atoms with Crippen LogP contribution in [0.5, 0.6) is 5.75 Å². The number of nitrogens with zero attached hydrogens (tertiary/aromatic N) is 3. The molecule has 31 heavy (non-hydrogen) atoms. The number of phenolic OH excluding ortho intramolecular Hbond substituents is 1. The third kappa shape index (κ3) is 5.98. The largest absolute Gasteiger partial charge is 0.507 e. The molecule has 0 unspecified atom stereocenters. The van der Waals surface area contributed by atoms with Gasteiger partial charge < -0.3 is 14.7 Å². The number of aromatic hydroxyl groups is 1. The summed E-state index contributed by atoms with van der Waals surface area (Å²) in [6, 6.07) is 4.48. The van der Waals surface area contributed by atoms with Gasteiger partial charge in [-0.05, 0) is 49.8 Å². The summed E-state index contributed by atoms with van der Waals surface area (Å²) in [5.41, 5.74) is 2.83. The van der Waals surface area contributed by atoms with Crippen LogP contribution in [0.15, 0.2) is 12.1 Å². The van der Waals surface area contributed by atoms with Crippen molar-refractivity contribution in [3.8, 4) is 5.75 Å².